The van der Waals surface area contributed by atoms with Crippen molar-refractivity contribution in [2.45, 2.75) is 13.0 Å². The van der Waals surface area contributed by atoms with Crippen LogP contribution in [0.25, 0.3) is 0 Å². The summed E-state index contributed by atoms with van der Waals surface area (Å²) in [6, 6.07) is 7.61. The Morgan fingerprint density at radius 1 is 1.09 bits per heavy atom. The molecule has 2 aromatic carbocycles. The van der Waals surface area contributed by atoms with Gasteiger partial charge in [-0.2, -0.15) is 10.1 Å². The lowest BCUT2D eigenvalue weighted by Crippen LogP contribution is -2.31. The molecule has 0 radical (unpaired) electrons. The molecule has 1 aliphatic heterocycles. The maximum atomic E-state index is 13.6. The molecule has 2 heterocycles. The summed E-state index contributed by atoms with van der Waals surface area (Å²) in [4.78, 5) is 17.8. The van der Waals surface area contributed by atoms with Gasteiger partial charge in [-0.3, -0.25) is 4.79 Å². The number of carbonyl (C=O) groups is 1. The third-order valence-electron chi connectivity index (χ3n) is 5.02. The summed E-state index contributed by atoms with van der Waals surface area (Å²) in [7, 11) is 2.97. The lowest BCUT2D eigenvalue weighted by Gasteiger charge is -2.29. The Morgan fingerprint density at radius 3 is 2.53 bits per heavy atom. The number of nitrogens with zero attached hydrogens (tertiary/aromatic N) is 3. The van der Waals surface area contributed by atoms with Crippen molar-refractivity contribution >= 4 is 52.3 Å². The van der Waals surface area contributed by atoms with E-state index in [1.807, 2.05) is 0 Å². The fraction of sp³-hybridized carbons (Fsp3) is 0.190. The predicted molar refractivity (Wildman–Crippen MR) is 124 cm³/mol. The van der Waals surface area contributed by atoms with Crippen LogP contribution in [0.2, 0.25) is 15.1 Å². The van der Waals surface area contributed by atoms with E-state index in [0.717, 1.165) is 0 Å². The van der Waals surface area contributed by atoms with Crippen molar-refractivity contribution in [2.24, 2.45) is 0 Å². The second-order valence-corrected chi connectivity index (χ2v) is 8.15. The highest BCUT2D eigenvalue weighted by Crippen LogP contribution is 2.40. The highest BCUT2D eigenvalue weighted by Gasteiger charge is 2.35. The number of benzene rings is 2. The number of anilines is 2. The minimum atomic E-state index is -0.640. The van der Waals surface area contributed by atoms with Gasteiger partial charge < -0.3 is 20.1 Å². The fourth-order valence-corrected chi connectivity index (χ4v) is 4.29. The van der Waals surface area contributed by atoms with Gasteiger partial charge in [-0.05, 0) is 19.1 Å². The molecule has 1 aromatic heterocycles. The summed E-state index contributed by atoms with van der Waals surface area (Å²) in [6.07, 6.45) is 1.40. The highest BCUT2D eigenvalue weighted by atomic mass is 35.5. The lowest BCUT2D eigenvalue weighted by atomic mass is 9.95. The first-order valence-corrected chi connectivity index (χ1v) is 10.5. The number of fused-ring (bicyclic) bond motifs is 1. The number of methoxy groups -OCH3 is 2. The maximum Gasteiger partial charge on any atom is 0.255 e. The molecule has 4 rings (SSSR count). The van der Waals surface area contributed by atoms with Crippen molar-refractivity contribution in [1.29, 1.82) is 0 Å². The molecule has 1 atom stereocenters. The van der Waals surface area contributed by atoms with Crippen LogP contribution in [0, 0.1) is 0 Å². The number of ether oxygens (including phenoxy) is 2. The van der Waals surface area contributed by atoms with Crippen molar-refractivity contribution in [2.75, 3.05) is 24.9 Å². The first-order chi connectivity index (χ1) is 15.3. The molecule has 1 aliphatic rings. The summed E-state index contributed by atoms with van der Waals surface area (Å²) in [5, 5.41) is 11.5. The van der Waals surface area contributed by atoms with Gasteiger partial charge in [-0.1, -0.05) is 40.9 Å². The number of nitrogens with one attached hydrogen (secondary N) is 2. The number of hydrogen-bond donors (Lipinski definition) is 2. The van der Waals surface area contributed by atoms with E-state index in [1.165, 1.54) is 20.5 Å². The molecule has 2 N–H and O–H groups in total. The fourth-order valence-electron chi connectivity index (χ4n) is 3.54. The van der Waals surface area contributed by atoms with Gasteiger partial charge in [0.25, 0.3) is 5.91 Å². The second-order valence-electron chi connectivity index (χ2n) is 6.90. The molecule has 0 aliphatic carbocycles. The quantitative estimate of drug-likeness (QED) is 0.508. The van der Waals surface area contributed by atoms with Crippen molar-refractivity contribution in [1.82, 2.24) is 14.8 Å². The molecule has 0 saturated carbocycles. The Hall–Kier alpha value is -2.94. The molecule has 0 spiro atoms. The zero-order chi connectivity index (χ0) is 23.0. The molecule has 166 valence electrons. The lowest BCUT2D eigenvalue weighted by molar-refractivity contribution is -0.113. The molecule has 0 fully saturated rings. The number of halogens is 3. The van der Waals surface area contributed by atoms with Crippen LogP contribution in [-0.4, -0.2) is 34.9 Å². The van der Waals surface area contributed by atoms with Gasteiger partial charge in [0.05, 0.1) is 30.5 Å². The van der Waals surface area contributed by atoms with Gasteiger partial charge in [0.15, 0.2) is 0 Å². The average Bonchev–Trinajstić information content (AvgIpc) is 3.22. The summed E-state index contributed by atoms with van der Waals surface area (Å²) >= 11 is 18.8. The summed E-state index contributed by atoms with van der Waals surface area (Å²) in [5.41, 5.74) is 2.03. The Morgan fingerprint density at radius 2 is 1.84 bits per heavy atom. The largest absolute Gasteiger partial charge is 0.495 e. The molecule has 0 bridgehead atoms. The first-order valence-electron chi connectivity index (χ1n) is 9.39. The Kier molecular flexibility index (Phi) is 6.19. The number of amides is 1. The van der Waals surface area contributed by atoms with E-state index < -0.39 is 11.9 Å². The number of hydrogen-bond acceptors (Lipinski definition) is 6. The van der Waals surface area contributed by atoms with Gasteiger partial charge >= 0.3 is 0 Å². The smallest absolute Gasteiger partial charge is 0.255 e. The van der Waals surface area contributed by atoms with Crippen molar-refractivity contribution in [3.8, 4) is 11.5 Å². The predicted octanol–water partition coefficient (Wildman–Crippen LogP) is 5.18. The third kappa shape index (κ3) is 3.97. The van der Waals surface area contributed by atoms with Crippen LogP contribution in [0.4, 0.5) is 11.6 Å². The molecular formula is C21H18Cl3N5O3. The third-order valence-corrected chi connectivity index (χ3v) is 5.88. The van der Waals surface area contributed by atoms with Crippen LogP contribution in [-0.2, 0) is 4.79 Å². The molecule has 1 unspecified atom stereocenters. The summed E-state index contributed by atoms with van der Waals surface area (Å²) < 4.78 is 12.2. The second kappa shape index (κ2) is 8.90. The molecule has 32 heavy (non-hydrogen) atoms. The van der Waals surface area contributed by atoms with Gasteiger partial charge in [0.2, 0.25) is 5.95 Å². The maximum absolute atomic E-state index is 13.6. The average molecular weight is 495 g/mol. The van der Waals surface area contributed by atoms with Crippen LogP contribution in [0.15, 0.2) is 47.9 Å². The highest BCUT2D eigenvalue weighted by molar-refractivity contribution is 6.35. The van der Waals surface area contributed by atoms with Crippen LogP contribution in [0.3, 0.4) is 0 Å². The van der Waals surface area contributed by atoms with Crippen LogP contribution >= 0.6 is 34.8 Å². The van der Waals surface area contributed by atoms with E-state index in [-0.39, 0.29) is 0 Å². The molecule has 3 aromatic rings. The Bertz CT molecular complexity index is 1240. The topological polar surface area (TPSA) is 90.3 Å². The summed E-state index contributed by atoms with van der Waals surface area (Å²) in [6.45, 7) is 1.78. The molecule has 0 saturated heterocycles. The van der Waals surface area contributed by atoms with E-state index in [1.54, 1.807) is 41.9 Å². The number of aromatic nitrogens is 3. The standard InChI is InChI=1S/C21H18Cl3N5O3/c1-10-18(20(30)28-15-8-16(31-2)14(24)7-17(15)32-3)19(29-21(27-10)25-9-26-29)12-5-4-11(22)6-13(12)23/h4-9,19H,1-3H3,(H,28,30)(H,25,26,27). The molecular weight excluding hydrogens is 477 g/mol. The van der Waals surface area contributed by atoms with E-state index in [2.05, 4.69) is 20.7 Å². The van der Waals surface area contributed by atoms with E-state index >= 15 is 0 Å². The number of carbonyl (C=O) groups excluding carboxylic acids is 1. The summed E-state index contributed by atoms with van der Waals surface area (Å²) in [5.74, 6) is 0.871. The molecule has 11 heteroatoms. The first kappa shape index (κ1) is 22.3. The van der Waals surface area contributed by atoms with Crippen LogP contribution in [0.1, 0.15) is 18.5 Å². The minimum Gasteiger partial charge on any atom is -0.495 e. The number of rotatable bonds is 5. The van der Waals surface area contributed by atoms with E-state index in [0.29, 0.717) is 55.0 Å². The monoisotopic (exact) mass is 493 g/mol. The van der Waals surface area contributed by atoms with Gasteiger partial charge in [0, 0.05) is 33.4 Å². The molecule has 1 amide bonds. The number of allylic oxidation sites excluding steroid dienone is 1. The van der Waals surface area contributed by atoms with Gasteiger partial charge in [0.1, 0.15) is 23.9 Å². The van der Waals surface area contributed by atoms with Crippen molar-refractivity contribution in [3.63, 3.8) is 0 Å². The van der Waals surface area contributed by atoms with Gasteiger partial charge in [-0.25, -0.2) is 4.68 Å². The Balaban J connectivity index is 1.79. The normalized spacial score (nSPS) is 15.1. The SMILES string of the molecule is COc1cc(NC(=O)C2=C(C)Nc3ncnn3C2c2ccc(Cl)cc2Cl)c(OC)cc1Cl. The van der Waals surface area contributed by atoms with Crippen LogP contribution < -0.4 is 20.1 Å². The van der Waals surface area contributed by atoms with E-state index in [4.69, 9.17) is 44.3 Å². The Labute approximate surface area is 199 Å². The van der Waals surface area contributed by atoms with Crippen LogP contribution in [0.5, 0.6) is 11.5 Å². The van der Waals surface area contributed by atoms with Crippen molar-refractivity contribution in [3.05, 3.63) is 68.6 Å². The minimum absolute atomic E-state index is 0.357. The van der Waals surface area contributed by atoms with Crippen molar-refractivity contribution < 1.29 is 14.3 Å². The molecule has 8 nitrogen and oxygen atoms in total. The van der Waals surface area contributed by atoms with E-state index in [9.17, 15) is 4.79 Å². The zero-order valence-corrected chi connectivity index (χ0v) is 19.5. The van der Waals surface area contributed by atoms with Gasteiger partial charge in [-0.15, -0.1) is 0 Å². The zero-order valence-electron chi connectivity index (χ0n) is 17.2.